The third kappa shape index (κ3) is 2.43. The molecule has 3 aromatic rings. The molecule has 0 radical (unpaired) electrons. The lowest BCUT2D eigenvalue weighted by Gasteiger charge is -2.30. The van der Waals surface area contributed by atoms with Crippen LogP contribution in [-0.2, 0) is 10.4 Å². The normalized spacial score (nSPS) is 19.5. The fourth-order valence-corrected chi connectivity index (χ4v) is 3.55. The number of fused-ring (bicyclic) bond motifs is 1. The van der Waals surface area contributed by atoms with Crippen LogP contribution in [0, 0.1) is 0 Å². The van der Waals surface area contributed by atoms with E-state index in [0.29, 0.717) is 22.4 Å². The monoisotopic (exact) mass is 343 g/mol. The van der Waals surface area contributed by atoms with Gasteiger partial charge in [-0.1, -0.05) is 78.9 Å². The summed E-state index contributed by atoms with van der Waals surface area (Å²) in [6.07, 6.45) is 0. The Labute approximate surface area is 151 Å². The Kier molecular flexibility index (Phi) is 3.90. The molecule has 0 aromatic heterocycles. The Morgan fingerprint density at radius 1 is 0.846 bits per heavy atom. The molecular formula is C22H17NO3. The third-order valence-electron chi connectivity index (χ3n) is 4.80. The van der Waals surface area contributed by atoms with Gasteiger partial charge in [-0.15, -0.1) is 0 Å². The highest BCUT2D eigenvalue weighted by Gasteiger charge is 2.54. The molecule has 26 heavy (non-hydrogen) atoms. The van der Waals surface area contributed by atoms with Gasteiger partial charge in [0.25, 0.3) is 5.91 Å². The van der Waals surface area contributed by atoms with Crippen molar-refractivity contribution in [3.63, 3.8) is 0 Å². The number of ketones is 1. The molecular weight excluding hydrogens is 326 g/mol. The number of amides is 1. The molecule has 2 atom stereocenters. The molecule has 2 unspecified atom stereocenters. The van der Waals surface area contributed by atoms with Gasteiger partial charge in [0.1, 0.15) is 0 Å². The van der Waals surface area contributed by atoms with Gasteiger partial charge in [0.2, 0.25) is 0 Å². The predicted molar refractivity (Wildman–Crippen MR) is 98.9 cm³/mol. The van der Waals surface area contributed by atoms with Crippen LogP contribution in [0.2, 0.25) is 0 Å². The Balaban J connectivity index is 1.92. The Hall–Kier alpha value is -3.24. The molecule has 2 N–H and O–H groups in total. The first-order valence-corrected chi connectivity index (χ1v) is 8.40. The molecule has 0 saturated heterocycles. The van der Waals surface area contributed by atoms with E-state index < -0.39 is 17.4 Å². The first-order valence-electron chi connectivity index (χ1n) is 8.40. The molecule has 0 saturated carbocycles. The van der Waals surface area contributed by atoms with E-state index in [0.717, 1.165) is 0 Å². The Morgan fingerprint density at radius 3 is 2.12 bits per heavy atom. The largest absolute Gasteiger partial charge is 0.374 e. The highest BCUT2D eigenvalue weighted by Crippen LogP contribution is 2.46. The highest BCUT2D eigenvalue weighted by molar-refractivity contribution is 6.12. The van der Waals surface area contributed by atoms with Crippen molar-refractivity contribution >= 4 is 17.4 Å². The van der Waals surface area contributed by atoms with E-state index in [9.17, 15) is 14.7 Å². The maximum atomic E-state index is 13.4. The topological polar surface area (TPSA) is 66.4 Å². The van der Waals surface area contributed by atoms with Crippen molar-refractivity contribution in [3.8, 4) is 0 Å². The van der Waals surface area contributed by atoms with Crippen molar-refractivity contribution in [3.05, 3.63) is 102 Å². The number of anilines is 1. The van der Waals surface area contributed by atoms with E-state index >= 15 is 0 Å². The van der Waals surface area contributed by atoms with Crippen LogP contribution in [0.4, 0.5) is 5.69 Å². The zero-order chi connectivity index (χ0) is 18.1. The number of Topliss-reactive ketones (excluding diaryl/α,β-unsaturated/α-hetero) is 1. The number of carbonyl (C=O) groups is 2. The summed E-state index contributed by atoms with van der Waals surface area (Å²) in [5.74, 6) is -1.93. The van der Waals surface area contributed by atoms with Gasteiger partial charge in [-0.05, 0) is 11.6 Å². The number of para-hydroxylation sites is 1. The SMILES string of the molecule is O=C(c1ccccc1)C(c1ccccc1)C1(O)C(=O)Nc2ccccc21. The first kappa shape index (κ1) is 16.2. The van der Waals surface area contributed by atoms with Crippen LogP contribution in [0.5, 0.6) is 0 Å². The molecule has 0 fully saturated rings. The second-order valence-corrected chi connectivity index (χ2v) is 6.34. The molecule has 0 spiro atoms. The molecule has 3 aromatic carbocycles. The lowest BCUT2D eigenvalue weighted by molar-refractivity contribution is -0.135. The number of rotatable bonds is 4. The lowest BCUT2D eigenvalue weighted by atomic mass is 9.74. The van der Waals surface area contributed by atoms with Crippen LogP contribution in [0.15, 0.2) is 84.9 Å². The van der Waals surface area contributed by atoms with E-state index in [1.165, 1.54) is 0 Å². The summed E-state index contributed by atoms with van der Waals surface area (Å²) in [6.45, 7) is 0. The predicted octanol–water partition coefficient (Wildman–Crippen LogP) is 3.49. The molecule has 1 amide bonds. The van der Waals surface area contributed by atoms with Gasteiger partial charge in [0.05, 0.1) is 5.92 Å². The fourth-order valence-electron chi connectivity index (χ4n) is 3.55. The molecule has 0 aliphatic carbocycles. The van der Waals surface area contributed by atoms with Crippen LogP contribution in [-0.4, -0.2) is 16.8 Å². The minimum absolute atomic E-state index is 0.300. The van der Waals surface area contributed by atoms with Crippen molar-refractivity contribution in [2.75, 3.05) is 5.32 Å². The molecule has 4 rings (SSSR count). The van der Waals surface area contributed by atoms with Crippen LogP contribution in [0.3, 0.4) is 0 Å². The van der Waals surface area contributed by atoms with Gasteiger partial charge >= 0.3 is 0 Å². The summed E-state index contributed by atoms with van der Waals surface area (Å²) in [7, 11) is 0. The summed E-state index contributed by atoms with van der Waals surface area (Å²) in [6, 6.07) is 24.6. The van der Waals surface area contributed by atoms with Gasteiger partial charge in [-0.3, -0.25) is 9.59 Å². The van der Waals surface area contributed by atoms with Crippen LogP contribution in [0.1, 0.15) is 27.4 Å². The second-order valence-electron chi connectivity index (χ2n) is 6.34. The first-order chi connectivity index (χ1) is 12.6. The van der Waals surface area contributed by atoms with E-state index in [4.69, 9.17) is 0 Å². The van der Waals surface area contributed by atoms with E-state index in [2.05, 4.69) is 5.32 Å². The average molecular weight is 343 g/mol. The number of benzene rings is 3. The summed E-state index contributed by atoms with van der Waals surface area (Å²) in [5, 5.41) is 14.2. The van der Waals surface area contributed by atoms with E-state index in [1.807, 2.05) is 12.1 Å². The van der Waals surface area contributed by atoms with Crippen LogP contribution < -0.4 is 5.32 Å². The highest BCUT2D eigenvalue weighted by atomic mass is 16.3. The quantitative estimate of drug-likeness (QED) is 0.713. The second kappa shape index (κ2) is 6.24. The molecule has 1 aliphatic heterocycles. The molecule has 0 bridgehead atoms. The summed E-state index contributed by atoms with van der Waals surface area (Å²) in [5.41, 5.74) is 0.0258. The summed E-state index contributed by atoms with van der Waals surface area (Å²) < 4.78 is 0. The lowest BCUT2D eigenvalue weighted by Crippen LogP contribution is -2.44. The molecule has 4 heteroatoms. The number of hydrogen-bond donors (Lipinski definition) is 2. The third-order valence-corrected chi connectivity index (χ3v) is 4.80. The Bertz CT molecular complexity index is 969. The van der Waals surface area contributed by atoms with Crippen molar-refractivity contribution < 1.29 is 14.7 Å². The number of nitrogens with one attached hydrogen (secondary N) is 1. The van der Waals surface area contributed by atoms with Crippen LogP contribution >= 0.6 is 0 Å². The average Bonchev–Trinajstić information content (AvgIpc) is 2.94. The molecule has 1 aliphatic rings. The number of hydrogen-bond acceptors (Lipinski definition) is 3. The zero-order valence-corrected chi connectivity index (χ0v) is 13.9. The smallest absolute Gasteiger partial charge is 0.262 e. The minimum Gasteiger partial charge on any atom is -0.374 e. The minimum atomic E-state index is -1.97. The van der Waals surface area contributed by atoms with Crippen molar-refractivity contribution in [1.82, 2.24) is 0 Å². The maximum absolute atomic E-state index is 13.4. The molecule has 1 heterocycles. The van der Waals surface area contributed by atoms with Crippen LogP contribution in [0.25, 0.3) is 0 Å². The van der Waals surface area contributed by atoms with Gasteiger partial charge in [0.15, 0.2) is 11.4 Å². The van der Waals surface area contributed by atoms with E-state index in [-0.39, 0.29) is 5.78 Å². The number of aliphatic hydroxyl groups is 1. The maximum Gasteiger partial charge on any atom is 0.262 e. The summed E-state index contributed by atoms with van der Waals surface area (Å²) >= 11 is 0. The van der Waals surface area contributed by atoms with Crippen molar-refractivity contribution in [1.29, 1.82) is 0 Å². The number of carbonyl (C=O) groups excluding carboxylic acids is 2. The standard InChI is InChI=1S/C22H17NO3/c24-20(16-11-5-2-6-12-16)19(15-9-3-1-4-10-15)22(26)17-13-7-8-14-18(17)23-21(22)25/h1-14,19,26H,(H,23,25). The van der Waals surface area contributed by atoms with Crippen molar-refractivity contribution in [2.24, 2.45) is 0 Å². The van der Waals surface area contributed by atoms with Gasteiger partial charge < -0.3 is 10.4 Å². The molecule has 4 nitrogen and oxygen atoms in total. The van der Waals surface area contributed by atoms with Gasteiger partial charge in [0, 0.05) is 16.8 Å². The van der Waals surface area contributed by atoms with E-state index in [1.54, 1.807) is 72.8 Å². The van der Waals surface area contributed by atoms with Gasteiger partial charge in [-0.25, -0.2) is 0 Å². The Morgan fingerprint density at radius 2 is 1.42 bits per heavy atom. The van der Waals surface area contributed by atoms with Crippen molar-refractivity contribution in [2.45, 2.75) is 11.5 Å². The summed E-state index contributed by atoms with van der Waals surface area (Å²) in [4.78, 5) is 26.1. The van der Waals surface area contributed by atoms with Gasteiger partial charge in [-0.2, -0.15) is 0 Å². The zero-order valence-electron chi connectivity index (χ0n) is 13.9. The fraction of sp³-hybridized carbons (Fsp3) is 0.0909. The molecule has 128 valence electrons.